The summed E-state index contributed by atoms with van der Waals surface area (Å²) in [5, 5.41) is 9.72. The Morgan fingerprint density at radius 1 is 1.43 bits per heavy atom. The van der Waals surface area contributed by atoms with Gasteiger partial charge in [-0.25, -0.2) is 0 Å². The van der Waals surface area contributed by atoms with Gasteiger partial charge in [-0.2, -0.15) is 5.26 Å². The number of fused-ring (bicyclic) bond motifs is 1. The molecule has 1 amide bonds. The lowest BCUT2D eigenvalue weighted by Crippen LogP contribution is -2.36. The molecule has 2 heterocycles. The number of hydrogen-bond acceptors (Lipinski definition) is 5. The fraction of sp³-hybridized carbons (Fsp3) is 0.294. The van der Waals surface area contributed by atoms with Crippen LogP contribution in [0.15, 0.2) is 24.3 Å². The smallest absolute Gasteiger partial charge is 0.227 e. The third kappa shape index (κ3) is 3.01. The molecule has 5 nitrogen and oxygen atoms in total. The summed E-state index contributed by atoms with van der Waals surface area (Å²) < 4.78 is 5.12. The van der Waals surface area contributed by atoms with E-state index in [0.717, 1.165) is 21.8 Å². The minimum Gasteiger partial charge on any atom is -0.497 e. The number of benzene rings is 1. The number of methoxy groups -OCH3 is 1. The highest BCUT2D eigenvalue weighted by molar-refractivity contribution is 7.16. The molecule has 0 unspecified atom stereocenters. The summed E-state index contributed by atoms with van der Waals surface area (Å²) >= 11 is 1.42. The van der Waals surface area contributed by atoms with Crippen LogP contribution >= 0.6 is 11.3 Å². The normalized spacial score (nSPS) is 13.3. The van der Waals surface area contributed by atoms with Crippen LogP contribution in [0.1, 0.15) is 21.6 Å². The summed E-state index contributed by atoms with van der Waals surface area (Å²) in [5.74, 6) is 0.869. The number of hydrogen-bond donors (Lipinski definition) is 1. The maximum atomic E-state index is 12.5. The Hall–Kier alpha value is -2.52. The quantitative estimate of drug-likeness (QED) is 0.938. The SMILES string of the molecule is COc1ccc(CC(=O)N2CCc3c(sc(N)c3C#N)C2)cc1. The Bertz CT molecular complexity index is 774. The number of amides is 1. The molecule has 23 heavy (non-hydrogen) atoms. The highest BCUT2D eigenvalue weighted by Gasteiger charge is 2.26. The lowest BCUT2D eigenvalue weighted by molar-refractivity contribution is -0.131. The van der Waals surface area contributed by atoms with Gasteiger partial charge >= 0.3 is 0 Å². The van der Waals surface area contributed by atoms with E-state index < -0.39 is 0 Å². The third-order valence-corrected chi connectivity index (χ3v) is 5.11. The van der Waals surface area contributed by atoms with E-state index in [1.165, 1.54) is 11.3 Å². The number of rotatable bonds is 3. The van der Waals surface area contributed by atoms with E-state index in [-0.39, 0.29) is 5.91 Å². The number of anilines is 1. The molecule has 0 fully saturated rings. The summed E-state index contributed by atoms with van der Waals surface area (Å²) in [7, 11) is 1.62. The van der Waals surface area contributed by atoms with Gasteiger partial charge < -0.3 is 15.4 Å². The molecular formula is C17H17N3O2S. The van der Waals surface area contributed by atoms with E-state index in [2.05, 4.69) is 6.07 Å². The standard InChI is InChI=1S/C17H17N3O2S/c1-22-12-4-2-11(3-5-12)8-16(21)20-7-6-13-14(9-18)17(19)23-15(13)10-20/h2-5H,6-8,10,19H2,1H3. The fourth-order valence-electron chi connectivity index (χ4n) is 2.79. The maximum absolute atomic E-state index is 12.5. The van der Waals surface area contributed by atoms with Crippen molar-refractivity contribution in [2.75, 3.05) is 19.4 Å². The monoisotopic (exact) mass is 327 g/mol. The molecule has 0 saturated carbocycles. The zero-order valence-electron chi connectivity index (χ0n) is 12.8. The summed E-state index contributed by atoms with van der Waals surface area (Å²) in [6.07, 6.45) is 1.06. The molecule has 0 saturated heterocycles. The largest absolute Gasteiger partial charge is 0.497 e. The van der Waals surface area contributed by atoms with Crippen molar-refractivity contribution in [3.63, 3.8) is 0 Å². The average Bonchev–Trinajstić information content (AvgIpc) is 2.89. The first-order valence-electron chi connectivity index (χ1n) is 7.33. The van der Waals surface area contributed by atoms with Crippen molar-refractivity contribution in [1.29, 1.82) is 5.26 Å². The van der Waals surface area contributed by atoms with Gasteiger partial charge in [0.25, 0.3) is 0 Å². The number of thiophene rings is 1. The summed E-state index contributed by atoms with van der Waals surface area (Å²) in [6.45, 7) is 1.17. The van der Waals surface area contributed by atoms with Crippen LogP contribution in [0.2, 0.25) is 0 Å². The average molecular weight is 327 g/mol. The number of nitrogens with two attached hydrogens (primary N) is 1. The first kappa shape index (κ1) is 15.4. The molecule has 0 aliphatic carbocycles. The summed E-state index contributed by atoms with van der Waals surface area (Å²) in [5.41, 5.74) is 8.45. The van der Waals surface area contributed by atoms with Gasteiger partial charge in [0, 0.05) is 11.4 Å². The van der Waals surface area contributed by atoms with Crippen LogP contribution in [0.3, 0.4) is 0 Å². The van der Waals surface area contributed by atoms with Crippen LogP contribution in [0.5, 0.6) is 5.75 Å². The topological polar surface area (TPSA) is 79.3 Å². The van der Waals surface area contributed by atoms with E-state index in [0.29, 0.717) is 36.5 Å². The number of carbonyl (C=O) groups is 1. The predicted molar refractivity (Wildman–Crippen MR) is 89.3 cm³/mol. The minimum absolute atomic E-state index is 0.0892. The number of nitrogen functional groups attached to an aromatic ring is 1. The fourth-order valence-corrected chi connectivity index (χ4v) is 3.87. The molecule has 1 aliphatic rings. The number of carbonyl (C=O) groups excluding carboxylic acids is 1. The van der Waals surface area contributed by atoms with Gasteiger partial charge in [-0.1, -0.05) is 12.1 Å². The van der Waals surface area contributed by atoms with Crippen LogP contribution in [0.4, 0.5) is 5.00 Å². The Kier molecular flexibility index (Phi) is 4.22. The molecular weight excluding hydrogens is 310 g/mol. The van der Waals surface area contributed by atoms with E-state index in [1.807, 2.05) is 29.2 Å². The van der Waals surface area contributed by atoms with E-state index >= 15 is 0 Å². The molecule has 1 aliphatic heterocycles. The van der Waals surface area contributed by atoms with Gasteiger partial charge in [-0.05, 0) is 29.7 Å². The Morgan fingerprint density at radius 3 is 2.83 bits per heavy atom. The lowest BCUT2D eigenvalue weighted by atomic mass is 10.0. The molecule has 3 rings (SSSR count). The molecule has 2 aromatic rings. The Morgan fingerprint density at radius 2 is 2.17 bits per heavy atom. The van der Waals surface area contributed by atoms with Crippen molar-refractivity contribution in [3.8, 4) is 11.8 Å². The first-order chi connectivity index (χ1) is 11.1. The molecule has 1 aromatic carbocycles. The van der Waals surface area contributed by atoms with Crippen LogP contribution in [-0.4, -0.2) is 24.5 Å². The minimum atomic E-state index is 0.0892. The Labute approximate surface area is 138 Å². The molecule has 6 heteroatoms. The van der Waals surface area contributed by atoms with E-state index in [4.69, 9.17) is 15.7 Å². The Balaban J connectivity index is 1.70. The highest BCUT2D eigenvalue weighted by atomic mass is 32.1. The second-order valence-electron chi connectivity index (χ2n) is 5.44. The summed E-state index contributed by atoms with van der Waals surface area (Å²) in [4.78, 5) is 15.4. The molecule has 0 atom stereocenters. The number of nitriles is 1. The molecule has 1 aromatic heterocycles. The molecule has 0 radical (unpaired) electrons. The van der Waals surface area contributed by atoms with Crippen LogP contribution in [0.25, 0.3) is 0 Å². The van der Waals surface area contributed by atoms with Crippen LogP contribution in [-0.2, 0) is 24.2 Å². The second kappa shape index (κ2) is 6.31. The maximum Gasteiger partial charge on any atom is 0.227 e. The molecule has 118 valence electrons. The van der Waals surface area contributed by atoms with Gasteiger partial charge in [-0.15, -0.1) is 11.3 Å². The zero-order valence-corrected chi connectivity index (χ0v) is 13.7. The first-order valence-corrected chi connectivity index (χ1v) is 8.15. The van der Waals surface area contributed by atoms with Crippen molar-refractivity contribution in [2.24, 2.45) is 0 Å². The third-order valence-electron chi connectivity index (χ3n) is 4.06. The second-order valence-corrected chi connectivity index (χ2v) is 6.58. The van der Waals surface area contributed by atoms with E-state index in [1.54, 1.807) is 7.11 Å². The predicted octanol–water partition coefficient (Wildman–Crippen LogP) is 2.34. The van der Waals surface area contributed by atoms with Crippen molar-refractivity contribution in [2.45, 2.75) is 19.4 Å². The lowest BCUT2D eigenvalue weighted by Gasteiger charge is -2.27. The highest BCUT2D eigenvalue weighted by Crippen LogP contribution is 2.34. The number of nitrogens with zero attached hydrogens (tertiary/aromatic N) is 2. The van der Waals surface area contributed by atoms with Crippen molar-refractivity contribution in [3.05, 3.63) is 45.8 Å². The molecule has 0 bridgehead atoms. The van der Waals surface area contributed by atoms with Crippen molar-refractivity contribution < 1.29 is 9.53 Å². The summed E-state index contributed by atoms with van der Waals surface area (Å²) in [6, 6.07) is 9.69. The van der Waals surface area contributed by atoms with Gasteiger partial charge in [0.15, 0.2) is 0 Å². The molecule has 0 spiro atoms. The van der Waals surface area contributed by atoms with Gasteiger partial charge in [0.05, 0.1) is 25.6 Å². The van der Waals surface area contributed by atoms with Gasteiger partial charge in [0.2, 0.25) is 5.91 Å². The number of ether oxygens (including phenoxy) is 1. The van der Waals surface area contributed by atoms with Crippen molar-refractivity contribution >= 4 is 22.2 Å². The zero-order chi connectivity index (χ0) is 16.4. The van der Waals surface area contributed by atoms with Gasteiger partial charge in [-0.3, -0.25) is 4.79 Å². The van der Waals surface area contributed by atoms with E-state index in [9.17, 15) is 4.79 Å². The molecule has 2 N–H and O–H groups in total. The van der Waals surface area contributed by atoms with Gasteiger partial charge in [0.1, 0.15) is 16.8 Å². The van der Waals surface area contributed by atoms with Crippen LogP contribution < -0.4 is 10.5 Å². The van der Waals surface area contributed by atoms with Crippen LogP contribution in [0, 0.1) is 11.3 Å². The van der Waals surface area contributed by atoms with Crippen molar-refractivity contribution in [1.82, 2.24) is 4.90 Å².